The summed E-state index contributed by atoms with van der Waals surface area (Å²) in [6.07, 6.45) is 0. The molecule has 1 N–H and O–H groups in total. The lowest BCUT2D eigenvalue weighted by Gasteiger charge is -2.25. The number of rotatable bonds is 5. The smallest absolute Gasteiger partial charge is 0.300 e. The van der Waals surface area contributed by atoms with E-state index in [1.807, 2.05) is 25.3 Å². The minimum Gasteiger partial charge on any atom is -0.507 e. The summed E-state index contributed by atoms with van der Waals surface area (Å²) in [5, 5.41) is 13.0. The Morgan fingerprint density at radius 2 is 1.94 bits per heavy atom. The largest absolute Gasteiger partial charge is 0.507 e. The summed E-state index contributed by atoms with van der Waals surface area (Å²) in [6, 6.07) is 13.2. The van der Waals surface area contributed by atoms with Crippen molar-refractivity contribution in [1.82, 2.24) is 0 Å². The molecule has 0 aliphatic carbocycles. The number of nitrogens with zero attached hydrogens (tertiary/aromatic N) is 1. The van der Waals surface area contributed by atoms with Crippen LogP contribution in [-0.4, -0.2) is 23.4 Å². The number of carbonyl (C=O) groups is 2. The second kappa shape index (κ2) is 8.35. The summed E-state index contributed by atoms with van der Waals surface area (Å²) < 4.78 is 19.4. The van der Waals surface area contributed by atoms with Gasteiger partial charge in [0, 0.05) is 16.1 Å². The predicted octanol–water partition coefficient (Wildman–Crippen LogP) is 5.22. The second-order valence-electron chi connectivity index (χ2n) is 7.08. The molecule has 7 heteroatoms. The zero-order valence-electron chi connectivity index (χ0n) is 17.0. The standard InChI is InChI=1S/C24H20FNO4S/c1-3-30-18-9-4-6-15(12-18)21(27)19-20(23-14(2)10-11-31-23)26(24(29)22(19)28)17-8-5-7-16(25)13-17/h4-13,20,27H,3H2,1-2H3/b21-19-. The van der Waals surface area contributed by atoms with Crippen LogP contribution in [0.1, 0.15) is 29.0 Å². The zero-order chi connectivity index (χ0) is 22.1. The molecule has 1 aromatic heterocycles. The number of Topliss-reactive ketones (excluding diaryl/α,β-unsaturated/α-hetero) is 1. The van der Waals surface area contributed by atoms with Crippen molar-refractivity contribution >= 4 is 34.5 Å². The molecule has 0 saturated carbocycles. The molecular formula is C24H20FNO4S. The van der Waals surface area contributed by atoms with E-state index in [9.17, 15) is 19.1 Å². The molecule has 0 radical (unpaired) electrons. The molecule has 1 atom stereocenters. The molecule has 1 amide bonds. The van der Waals surface area contributed by atoms with Gasteiger partial charge in [-0.2, -0.15) is 0 Å². The third-order valence-electron chi connectivity index (χ3n) is 5.10. The number of anilines is 1. The molecule has 4 rings (SSSR count). The van der Waals surface area contributed by atoms with Gasteiger partial charge in [-0.25, -0.2) is 4.39 Å². The molecule has 158 valence electrons. The van der Waals surface area contributed by atoms with Gasteiger partial charge in [-0.1, -0.05) is 18.2 Å². The van der Waals surface area contributed by atoms with E-state index in [1.54, 1.807) is 30.3 Å². The zero-order valence-corrected chi connectivity index (χ0v) is 17.8. The van der Waals surface area contributed by atoms with Crippen LogP contribution in [-0.2, 0) is 9.59 Å². The molecule has 1 aliphatic rings. The quantitative estimate of drug-likeness (QED) is 0.338. The van der Waals surface area contributed by atoms with Gasteiger partial charge in [0.1, 0.15) is 23.4 Å². The number of amides is 1. The Labute approximate surface area is 183 Å². The van der Waals surface area contributed by atoms with Crippen LogP contribution in [0, 0.1) is 12.7 Å². The number of carbonyl (C=O) groups excluding carboxylic acids is 2. The van der Waals surface area contributed by atoms with Crippen LogP contribution in [0.4, 0.5) is 10.1 Å². The van der Waals surface area contributed by atoms with Gasteiger partial charge in [0.2, 0.25) is 0 Å². The molecule has 3 aromatic rings. The molecule has 2 aromatic carbocycles. The van der Waals surface area contributed by atoms with Crippen molar-refractivity contribution in [2.45, 2.75) is 19.9 Å². The number of benzene rings is 2. The van der Waals surface area contributed by atoms with Gasteiger partial charge in [0.05, 0.1) is 12.2 Å². The maximum Gasteiger partial charge on any atom is 0.300 e. The molecule has 1 aliphatic heterocycles. The Bertz CT molecular complexity index is 1200. The first-order valence-electron chi connectivity index (χ1n) is 9.76. The minimum atomic E-state index is -0.863. The van der Waals surface area contributed by atoms with E-state index in [0.29, 0.717) is 17.9 Å². The highest BCUT2D eigenvalue weighted by molar-refractivity contribution is 7.10. The summed E-state index contributed by atoms with van der Waals surface area (Å²) in [6.45, 7) is 4.16. The predicted molar refractivity (Wildman–Crippen MR) is 118 cm³/mol. The highest BCUT2D eigenvalue weighted by Gasteiger charge is 2.48. The van der Waals surface area contributed by atoms with E-state index in [2.05, 4.69) is 0 Å². The summed E-state index contributed by atoms with van der Waals surface area (Å²) in [5.74, 6) is -1.91. The second-order valence-corrected chi connectivity index (χ2v) is 8.03. The lowest BCUT2D eigenvalue weighted by atomic mass is 9.98. The minimum absolute atomic E-state index is 0.0338. The van der Waals surface area contributed by atoms with Gasteiger partial charge in [-0.15, -0.1) is 11.3 Å². The van der Waals surface area contributed by atoms with Crippen LogP contribution in [0.3, 0.4) is 0 Å². The number of ketones is 1. The highest BCUT2D eigenvalue weighted by Crippen LogP contribution is 2.45. The molecule has 5 nitrogen and oxygen atoms in total. The van der Waals surface area contributed by atoms with E-state index >= 15 is 0 Å². The molecule has 0 bridgehead atoms. The van der Waals surface area contributed by atoms with Gasteiger partial charge in [0.25, 0.3) is 11.7 Å². The number of ether oxygens (including phenoxy) is 1. The lowest BCUT2D eigenvalue weighted by molar-refractivity contribution is -0.132. The van der Waals surface area contributed by atoms with Crippen molar-refractivity contribution in [2.75, 3.05) is 11.5 Å². The van der Waals surface area contributed by atoms with Crippen LogP contribution < -0.4 is 9.64 Å². The van der Waals surface area contributed by atoms with E-state index < -0.39 is 23.5 Å². The summed E-state index contributed by atoms with van der Waals surface area (Å²) in [4.78, 5) is 28.1. The number of hydrogen-bond acceptors (Lipinski definition) is 5. The number of aliphatic hydroxyl groups excluding tert-OH is 1. The molecule has 0 spiro atoms. The van der Waals surface area contributed by atoms with Crippen molar-refractivity contribution in [2.24, 2.45) is 0 Å². The molecule has 31 heavy (non-hydrogen) atoms. The Hall–Kier alpha value is -3.45. The Morgan fingerprint density at radius 3 is 2.61 bits per heavy atom. The van der Waals surface area contributed by atoms with Crippen LogP contribution in [0.15, 0.2) is 65.6 Å². The summed E-state index contributed by atoms with van der Waals surface area (Å²) in [7, 11) is 0. The van der Waals surface area contributed by atoms with Crippen molar-refractivity contribution in [3.63, 3.8) is 0 Å². The Kier molecular flexibility index (Phi) is 5.61. The molecule has 1 unspecified atom stereocenters. The normalized spacial score (nSPS) is 17.9. The third-order valence-corrected chi connectivity index (χ3v) is 6.17. The average Bonchev–Trinajstić information content (AvgIpc) is 3.28. The van der Waals surface area contributed by atoms with Crippen molar-refractivity contribution in [1.29, 1.82) is 0 Å². The summed E-state index contributed by atoms with van der Waals surface area (Å²) in [5.41, 5.74) is 1.45. The van der Waals surface area contributed by atoms with E-state index in [1.165, 1.54) is 34.4 Å². The lowest BCUT2D eigenvalue weighted by Crippen LogP contribution is -2.29. The maximum absolute atomic E-state index is 13.9. The Balaban J connectivity index is 1.93. The molecule has 1 saturated heterocycles. The first-order valence-corrected chi connectivity index (χ1v) is 10.6. The fourth-order valence-electron chi connectivity index (χ4n) is 3.69. The van der Waals surface area contributed by atoms with Gasteiger partial charge < -0.3 is 9.84 Å². The maximum atomic E-state index is 13.9. The number of halogens is 1. The van der Waals surface area contributed by atoms with Gasteiger partial charge in [-0.05, 0) is 61.2 Å². The number of aryl methyl sites for hydroxylation is 1. The molecule has 2 heterocycles. The first-order chi connectivity index (χ1) is 14.9. The van der Waals surface area contributed by atoms with E-state index in [0.717, 1.165) is 10.4 Å². The van der Waals surface area contributed by atoms with Crippen molar-refractivity contribution in [3.8, 4) is 5.75 Å². The van der Waals surface area contributed by atoms with Gasteiger partial charge in [0.15, 0.2) is 0 Å². The first kappa shape index (κ1) is 20.8. The van der Waals surface area contributed by atoms with Crippen molar-refractivity contribution < 1.29 is 23.8 Å². The topological polar surface area (TPSA) is 66.8 Å². The number of aliphatic hydroxyl groups is 1. The van der Waals surface area contributed by atoms with Gasteiger partial charge in [-0.3, -0.25) is 14.5 Å². The molecule has 1 fully saturated rings. The van der Waals surface area contributed by atoms with E-state index in [-0.39, 0.29) is 17.0 Å². The SMILES string of the molecule is CCOc1cccc(/C(O)=C2/C(=O)C(=O)N(c3cccc(F)c3)C2c2sccc2C)c1. The Morgan fingerprint density at radius 1 is 1.16 bits per heavy atom. The monoisotopic (exact) mass is 437 g/mol. The van der Waals surface area contributed by atoms with Crippen LogP contribution in [0.5, 0.6) is 5.75 Å². The number of hydrogen-bond donors (Lipinski definition) is 1. The third kappa shape index (κ3) is 3.72. The number of thiophene rings is 1. The van der Waals surface area contributed by atoms with Crippen LogP contribution in [0.2, 0.25) is 0 Å². The van der Waals surface area contributed by atoms with Crippen molar-refractivity contribution in [3.05, 3.63) is 87.4 Å². The van der Waals surface area contributed by atoms with E-state index in [4.69, 9.17) is 4.74 Å². The average molecular weight is 437 g/mol. The highest BCUT2D eigenvalue weighted by atomic mass is 32.1. The van der Waals surface area contributed by atoms with Gasteiger partial charge >= 0.3 is 0 Å². The molecular weight excluding hydrogens is 417 g/mol. The van der Waals surface area contributed by atoms with Crippen LogP contribution in [0.25, 0.3) is 5.76 Å². The summed E-state index contributed by atoms with van der Waals surface area (Å²) >= 11 is 1.37. The fourth-order valence-corrected chi connectivity index (χ4v) is 4.72. The van der Waals surface area contributed by atoms with Crippen LogP contribution >= 0.6 is 11.3 Å². The fraction of sp³-hybridized carbons (Fsp3) is 0.167.